The van der Waals surface area contributed by atoms with Gasteiger partial charge in [-0.15, -0.1) is 24.3 Å². The number of aromatic nitrogens is 6. The van der Waals surface area contributed by atoms with Gasteiger partial charge in [0.25, 0.3) is 0 Å². The molecule has 0 atom stereocenters. The van der Waals surface area contributed by atoms with Crippen molar-refractivity contribution in [3.63, 3.8) is 0 Å². The zero-order valence-electron chi connectivity index (χ0n) is 13.8. The van der Waals surface area contributed by atoms with Crippen LogP contribution < -0.4 is 0 Å². The van der Waals surface area contributed by atoms with Crippen LogP contribution in [0.5, 0.6) is 0 Å². The van der Waals surface area contributed by atoms with Gasteiger partial charge >= 0.3 is 21.1 Å². The van der Waals surface area contributed by atoms with Crippen LogP contribution in [0.25, 0.3) is 22.8 Å². The van der Waals surface area contributed by atoms with Crippen molar-refractivity contribution in [3.05, 3.63) is 73.8 Å². The SMILES string of the molecule is Cn1ccnc1-c1[c-]ccnc1.Cn1ccnc1-c1[c-]ccnc1.[Pt+2]. The molecule has 25 heavy (non-hydrogen) atoms. The zero-order valence-corrected chi connectivity index (χ0v) is 16.0. The molecule has 0 aliphatic rings. The number of hydrogen-bond donors (Lipinski definition) is 0. The first kappa shape index (κ1) is 18.7. The molecule has 4 aromatic rings. The second-order valence-electron chi connectivity index (χ2n) is 5.03. The van der Waals surface area contributed by atoms with E-state index in [1.807, 2.05) is 35.6 Å². The largest absolute Gasteiger partial charge is 2.00 e. The van der Waals surface area contributed by atoms with E-state index in [2.05, 4.69) is 32.1 Å². The summed E-state index contributed by atoms with van der Waals surface area (Å²) in [6.45, 7) is 0. The molecule has 128 valence electrons. The van der Waals surface area contributed by atoms with E-state index in [4.69, 9.17) is 0 Å². The molecule has 4 heterocycles. The minimum absolute atomic E-state index is 0. The summed E-state index contributed by atoms with van der Waals surface area (Å²) in [6.07, 6.45) is 14.2. The Balaban J connectivity index is 0.000000173. The molecule has 0 aliphatic heterocycles. The Labute approximate surface area is 160 Å². The Morgan fingerprint density at radius 2 is 1.16 bits per heavy atom. The van der Waals surface area contributed by atoms with Crippen LogP contribution in [0.4, 0.5) is 0 Å². The summed E-state index contributed by atoms with van der Waals surface area (Å²) < 4.78 is 3.88. The monoisotopic (exact) mass is 511 g/mol. The van der Waals surface area contributed by atoms with E-state index < -0.39 is 0 Å². The molecule has 0 saturated heterocycles. The van der Waals surface area contributed by atoms with Gasteiger partial charge in [0, 0.05) is 38.9 Å². The van der Waals surface area contributed by atoms with Gasteiger partial charge in [0.15, 0.2) is 0 Å². The third-order valence-electron chi connectivity index (χ3n) is 3.33. The van der Waals surface area contributed by atoms with Gasteiger partial charge in [-0.1, -0.05) is 35.9 Å². The van der Waals surface area contributed by atoms with Crippen molar-refractivity contribution < 1.29 is 21.1 Å². The molecule has 0 saturated carbocycles. The Kier molecular flexibility index (Phi) is 6.78. The van der Waals surface area contributed by atoms with Crippen molar-refractivity contribution in [2.75, 3.05) is 0 Å². The van der Waals surface area contributed by atoms with Gasteiger partial charge in [0.05, 0.1) is 11.6 Å². The quantitative estimate of drug-likeness (QED) is 0.389. The smallest absolute Gasteiger partial charge is 0.373 e. The summed E-state index contributed by atoms with van der Waals surface area (Å²) in [5.41, 5.74) is 1.84. The van der Waals surface area contributed by atoms with Crippen LogP contribution in [-0.4, -0.2) is 29.1 Å². The van der Waals surface area contributed by atoms with E-state index in [0.29, 0.717) is 0 Å². The van der Waals surface area contributed by atoms with Crippen LogP contribution in [0.2, 0.25) is 0 Å². The van der Waals surface area contributed by atoms with E-state index in [1.54, 1.807) is 49.3 Å². The van der Waals surface area contributed by atoms with Crippen molar-refractivity contribution in [2.45, 2.75) is 0 Å². The maximum Gasteiger partial charge on any atom is 2.00 e. The molecule has 7 heteroatoms. The van der Waals surface area contributed by atoms with Gasteiger partial charge in [-0.05, 0) is 0 Å². The van der Waals surface area contributed by atoms with Crippen molar-refractivity contribution in [1.82, 2.24) is 29.1 Å². The molecular weight excluding hydrogens is 495 g/mol. The molecule has 0 radical (unpaired) electrons. The number of imidazole rings is 2. The van der Waals surface area contributed by atoms with E-state index >= 15 is 0 Å². The van der Waals surface area contributed by atoms with E-state index in [1.165, 1.54) is 0 Å². The average Bonchev–Trinajstić information content (AvgIpc) is 3.25. The first-order valence-corrected chi connectivity index (χ1v) is 7.34. The van der Waals surface area contributed by atoms with Crippen molar-refractivity contribution in [3.8, 4) is 22.8 Å². The molecule has 0 N–H and O–H groups in total. The second-order valence-corrected chi connectivity index (χ2v) is 5.03. The molecule has 0 spiro atoms. The first-order chi connectivity index (χ1) is 11.8. The Hall–Kier alpha value is -2.59. The van der Waals surface area contributed by atoms with Crippen molar-refractivity contribution >= 4 is 0 Å². The summed E-state index contributed by atoms with van der Waals surface area (Å²) in [5.74, 6) is 1.78. The fraction of sp³-hybridized carbons (Fsp3) is 0.111. The van der Waals surface area contributed by atoms with Crippen LogP contribution >= 0.6 is 0 Å². The van der Waals surface area contributed by atoms with Gasteiger partial charge in [-0.3, -0.25) is 9.97 Å². The summed E-state index contributed by atoms with van der Waals surface area (Å²) in [7, 11) is 3.90. The number of hydrogen-bond acceptors (Lipinski definition) is 4. The summed E-state index contributed by atoms with van der Waals surface area (Å²) >= 11 is 0. The number of aryl methyl sites for hydroxylation is 2. The predicted molar refractivity (Wildman–Crippen MR) is 90.6 cm³/mol. The molecule has 0 amide bonds. The Morgan fingerprint density at radius 3 is 1.44 bits per heavy atom. The number of nitrogens with zero attached hydrogens (tertiary/aromatic N) is 6. The van der Waals surface area contributed by atoms with Crippen molar-refractivity contribution in [1.29, 1.82) is 0 Å². The normalized spacial score (nSPS) is 9.68. The molecule has 4 aromatic heterocycles. The number of pyridine rings is 2. The minimum atomic E-state index is 0. The number of rotatable bonds is 2. The topological polar surface area (TPSA) is 61.4 Å². The van der Waals surface area contributed by atoms with Gasteiger partial charge in [-0.2, -0.15) is 0 Å². The van der Waals surface area contributed by atoms with E-state index in [9.17, 15) is 0 Å². The van der Waals surface area contributed by atoms with Crippen molar-refractivity contribution in [2.24, 2.45) is 14.1 Å². The van der Waals surface area contributed by atoms with Crippen LogP contribution in [-0.2, 0) is 35.2 Å². The maximum absolute atomic E-state index is 4.18. The third-order valence-corrected chi connectivity index (χ3v) is 3.33. The Bertz CT molecular complexity index is 810. The zero-order chi connectivity index (χ0) is 16.8. The molecule has 4 rings (SSSR count). The third kappa shape index (κ3) is 4.70. The summed E-state index contributed by atoms with van der Waals surface area (Å²) in [5, 5.41) is 0. The standard InChI is InChI=1S/2C9H8N3.Pt/c2*1-12-6-5-11-9(12)8-3-2-4-10-7-8;/h2*2,4-7H,1H3;/q2*-1;+2. The second kappa shape index (κ2) is 9.04. The minimum Gasteiger partial charge on any atom is -0.373 e. The van der Waals surface area contributed by atoms with E-state index in [-0.39, 0.29) is 21.1 Å². The fourth-order valence-electron chi connectivity index (χ4n) is 2.14. The van der Waals surface area contributed by atoms with Gasteiger partial charge < -0.3 is 19.1 Å². The molecule has 0 aliphatic carbocycles. The summed E-state index contributed by atoms with van der Waals surface area (Å²) in [6, 6.07) is 9.70. The van der Waals surface area contributed by atoms with Crippen LogP contribution in [0.15, 0.2) is 61.7 Å². The van der Waals surface area contributed by atoms with Crippen LogP contribution in [0, 0.1) is 12.1 Å². The van der Waals surface area contributed by atoms with Crippen LogP contribution in [0.3, 0.4) is 0 Å². The molecule has 0 aromatic carbocycles. The van der Waals surface area contributed by atoms with E-state index in [0.717, 1.165) is 22.8 Å². The average molecular weight is 511 g/mol. The Morgan fingerprint density at radius 1 is 0.720 bits per heavy atom. The molecule has 0 bridgehead atoms. The molecule has 0 fully saturated rings. The van der Waals surface area contributed by atoms with Gasteiger partial charge in [0.2, 0.25) is 0 Å². The van der Waals surface area contributed by atoms with Gasteiger partial charge in [-0.25, -0.2) is 0 Å². The first-order valence-electron chi connectivity index (χ1n) is 7.34. The van der Waals surface area contributed by atoms with Crippen LogP contribution in [0.1, 0.15) is 0 Å². The molecule has 0 unspecified atom stereocenters. The predicted octanol–water partition coefficient (Wildman–Crippen LogP) is 2.56. The maximum atomic E-state index is 4.18. The van der Waals surface area contributed by atoms with Gasteiger partial charge in [0.1, 0.15) is 0 Å². The summed E-state index contributed by atoms with van der Waals surface area (Å²) in [4.78, 5) is 16.3. The fourth-order valence-corrected chi connectivity index (χ4v) is 2.14. The molecular formula is C18H16N6Pt. The molecule has 6 nitrogen and oxygen atoms in total.